The Morgan fingerprint density at radius 1 is 1.30 bits per heavy atom. The van der Waals surface area contributed by atoms with E-state index < -0.39 is 34.9 Å². The van der Waals surface area contributed by atoms with E-state index in [1.807, 2.05) is 0 Å². The number of carboxylic acids is 1. The van der Waals surface area contributed by atoms with Crippen molar-refractivity contribution in [2.45, 2.75) is 12.5 Å². The van der Waals surface area contributed by atoms with Crippen LogP contribution in [0.25, 0.3) is 0 Å². The topological polar surface area (TPSA) is 87.7 Å². The molecular formula is C12H12F2N2O4. The summed E-state index contributed by atoms with van der Waals surface area (Å²) in [6.07, 6.45) is 0.639. The number of urea groups is 1. The van der Waals surface area contributed by atoms with Crippen LogP contribution in [0.2, 0.25) is 0 Å². The monoisotopic (exact) mass is 286 g/mol. The summed E-state index contributed by atoms with van der Waals surface area (Å²) in [6, 6.07) is 0.259. The highest BCUT2D eigenvalue weighted by Gasteiger charge is 2.20. The summed E-state index contributed by atoms with van der Waals surface area (Å²) in [5.41, 5.74) is -1.12. The van der Waals surface area contributed by atoms with E-state index in [9.17, 15) is 18.4 Å². The van der Waals surface area contributed by atoms with Crippen molar-refractivity contribution < 1.29 is 28.2 Å². The molecule has 0 aromatic heterocycles. The number of halogens is 2. The van der Waals surface area contributed by atoms with E-state index >= 15 is 0 Å². The number of ether oxygens (including phenoxy) is 1. The molecule has 0 spiro atoms. The van der Waals surface area contributed by atoms with Crippen molar-refractivity contribution in [3.05, 3.63) is 29.3 Å². The molecule has 1 heterocycles. The van der Waals surface area contributed by atoms with Crippen molar-refractivity contribution >= 4 is 17.7 Å². The number of hydrogen-bond acceptors (Lipinski definition) is 3. The molecule has 1 atom stereocenters. The molecule has 2 rings (SSSR count). The van der Waals surface area contributed by atoms with Gasteiger partial charge in [0.2, 0.25) is 0 Å². The van der Waals surface area contributed by atoms with Crippen LogP contribution in [0.5, 0.6) is 0 Å². The Morgan fingerprint density at radius 2 is 2.05 bits per heavy atom. The standard InChI is InChI=1S/C12H12F2N2O4/c13-8-4-9(14)10(3-7(8)11(17)18)16-12(19)15-6-1-2-20-5-6/h3-4,6H,1-2,5H2,(H,17,18)(H2,15,16,19). The Hall–Kier alpha value is -2.22. The first-order valence-corrected chi connectivity index (χ1v) is 5.85. The molecule has 1 aliphatic rings. The molecule has 1 saturated heterocycles. The van der Waals surface area contributed by atoms with Crippen molar-refractivity contribution in [2.24, 2.45) is 0 Å². The molecule has 108 valence electrons. The van der Waals surface area contributed by atoms with E-state index in [-0.39, 0.29) is 6.04 Å². The van der Waals surface area contributed by atoms with E-state index in [1.54, 1.807) is 0 Å². The van der Waals surface area contributed by atoms with Crippen LogP contribution in [0.4, 0.5) is 19.3 Å². The Kier molecular flexibility index (Phi) is 4.14. The van der Waals surface area contributed by atoms with Crippen LogP contribution in [0.15, 0.2) is 12.1 Å². The number of benzene rings is 1. The van der Waals surface area contributed by atoms with Crippen LogP contribution in [-0.4, -0.2) is 36.4 Å². The summed E-state index contributed by atoms with van der Waals surface area (Å²) < 4.78 is 31.7. The van der Waals surface area contributed by atoms with Crippen molar-refractivity contribution in [3.8, 4) is 0 Å². The van der Waals surface area contributed by atoms with E-state index in [4.69, 9.17) is 9.84 Å². The second kappa shape index (κ2) is 5.83. The lowest BCUT2D eigenvalue weighted by atomic mass is 10.2. The number of rotatable bonds is 3. The number of carbonyl (C=O) groups is 2. The molecular weight excluding hydrogens is 274 g/mol. The van der Waals surface area contributed by atoms with Crippen LogP contribution in [0.3, 0.4) is 0 Å². The summed E-state index contributed by atoms with van der Waals surface area (Å²) in [6.45, 7) is 0.888. The molecule has 0 bridgehead atoms. The number of aromatic carboxylic acids is 1. The summed E-state index contributed by atoms with van der Waals surface area (Å²) in [4.78, 5) is 22.3. The number of anilines is 1. The summed E-state index contributed by atoms with van der Waals surface area (Å²) >= 11 is 0. The van der Waals surface area contributed by atoms with Gasteiger partial charge in [0.15, 0.2) is 0 Å². The largest absolute Gasteiger partial charge is 0.478 e. The maximum Gasteiger partial charge on any atom is 0.338 e. The molecule has 1 aromatic rings. The summed E-state index contributed by atoms with van der Waals surface area (Å²) in [5.74, 6) is -3.80. The molecule has 0 radical (unpaired) electrons. The third-order valence-corrected chi connectivity index (χ3v) is 2.80. The normalized spacial score (nSPS) is 17.8. The summed E-state index contributed by atoms with van der Waals surface area (Å²) in [7, 11) is 0. The highest BCUT2D eigenvalue weighted by molar-refractivity contribution is 5.93. The average molecular weight is 286 g/mol. The predicted molar refractivity (Wildman–Crippen MR) is 64.7 cm³/mol. The van der Waals surface area contributed by atoms with E-state index in [2.05, 4.69) is 10.6 Å². The van der Waals surface area contributed by atoms with Gasteiger partial charge in [-0.15, -0.1) is 0 Å². The zero-order chi connectivity index (χ0) is 14.7. The van der Waals surface area contributed by atoms with Crippen molar-refractivity contribution in [2.75, 3.05) is 18.5 Å². The van der Waals surface area contributed by atoms with Gasteiger partial charge in [-0.2, -0.15) is 0 Å². The van der Waals surface area contributed by atoms with Crippen LogP contribution in [0.1, 0.15) is 16.8 Å². The smallest absolute Gasteiger partial charge is 0.338 e. The average Bonchev–Trinajstić information content (AvgIpc) is 2.84. The minimum atomic E-state index is -1.55. The minimum absolute atomic E-state index is 0.183. The Balaban J connectivity index is 2.09. The molecule has 6 nitrogen and oxygen atoms in total. The van der Waals surface area contributed by atoms with Crippen LogP contribution >= 0.6 is 0 Å². The highest BCUT2D eigenvalue weighted by Crippen LogP contribution is 2.19. The quantitative estimate of drug-likeness (QED) is 0.787. The fourth-order valence-corrected chi connectivity index (χ4v) is 1.80. The van der Waals surface area contributed by atoms with Gasteiger partial charge in [-0.1, -0.05) is 0 Å². The van der Waals surface area contributed by atoms with Gasteiger partial charge in [-0.05, 0) is 12.5 Å². The fourth-order valence-electron chi connectivity index (χ4n) is 1.80. The maximum atomic E-state index is 13.5. The molecule has 8 heteroatoms. The minimum Gasteiger partial charge on any atom is -0.478 e. The van der Waals surface area contributed by atoms with Gasteiger partial charge in [0, 0.05) is 12.7 Å². The molecule has 1 aromatic carbocycles. The number of carboxylic acid groups (broad SMARTS) is 1. The molecule has 1 aliphatic heterocycles. The SMILES string of the molecule is O=C(Nc1cc(C(=O)O)c(F)cc1F)NC1CCOC1. The van der Waals surface area contributed by atoms with Gasteiger partial charge in [0.25, 0.3) is 0 Å². The molecule has 1 fully saturated rings. The lowest BCUT2D eigenvalue weighted by molar-refractivity contribution is 0.0692. The zero-order valence-electron chi connectivity index (χ0n) is 10.3. The number of amides is 2. The van der Waals surface area contributed by atoms with Crippen LogP contribution in [0, 0.1) is 11.6 Å². The van der Waals surface area contributed by atoms with E-state index in [1.165, 1.54) is 0 Å². The van der Waals surface area contributed by atoms with Gasteiger partial charge in [0.1, 0.15) is 11.6 Å². The van der Waals surface area contributed by atoms with Crippen molar-refractivity contribution in [1.82, 2.24) is 5.32 Å². The maximum absolute atomic E-state index is 13.5. The van der Waals surface area contributed by atoms with Gasteiger partial charge < -0.3 is 20.5 Å². The third kappa shape index (κ3) is 3.21. The lowest BCUT2D eigenvalue weighted by Gasteiger charge is -2.13. The fraction of sp³-hybridized carbons (Fsp3) is 0.333. The molecule has 0 aliphatic carbocycles. The van der Waals surface area contributed by atoms with E-state index in [0.29, 0.717) is 25.7 Å². The van der Waals surface area contributed by atoms with E-state index in [0.717, 1.165) is 6.07 Å². The second-order valence-electron chi connectivity index (χ2n) is 4.28. The first kappa shape index (κ1) is 14.2. The molecule has 2 amide bonds. The lowest BCUT2D eigenvalue weighted by Crippen LogP contribution is -2.38. The van der Waals surface area contributed by atoms with Crippen molar-refractivity contribution in [3.63, 3.8) is 0 Å². The first-order chi connectivity index (χ1) is 9.47. The number of nitrogens with one attached hydrogen (secondary N) is 2. The summed E-state index contributed by atoms with van der Waals surface area (Å²) in [5, 5.41) is 13.4. The number of hydrogen-bond donors (Lipinski definition) is 3. The Bertz CT molecular complexity index is 545. The third-order valence-electron chi connectivity index (χ3n) is 2.80. The Labute approximate surface area is 112 Å². The molecule has 20 heavy (non-hydrogen) atoms. The second-order valence-corrected chi connectivity index (χ2v) is 4.28. The molecule has 1 unspecified atom stereocenters. The van der Waals surface area contributed by atoms with Gasteiger partial charge >= 0.3 is 12.0 Å². The molecule has 3 N–H and O–H groups in total. The van der Waals surface area contributed by atoms with Crippen LogP contribution in [-0.2, 0) is 4.74 Å². The van der Waals surface area contributed by atoms with Gasteiger partial charge in [-0.3, -0.25) is 0 Å². The van der Waals surface area contributed by atoms with Gasteiger partial charge in [0.05, 0.1) is 23.9 Å². The number of carbonyl (C=O) groups excluding carboxylic acids is 1. The zero-order valence-corrected chi connectivity index (χ0v) is 10.3. The van der Waals surface area contributed by atoms with Crippen molar-refractivity contribution in [1.29, 1.82) is 0 Å². The van der Waals surface area contributed by atoms with Gasteiger partial charge in [-0.25, -0.2) is 18.4 Å². The molecule has 0 saturated carbocycles. The Morgan fingerprint density at radius 3 is 2.65 bits per heavy atom. The van der Waals surface area contributed by atoms with Crippen LogP contribution < -0.4 is 10.6 Å². The highest BCUT2D eigenvalue weighted by atomic mass is 19.1. The predicted octanol–water partition coefficient (Wildman–Crippen LogP) is 1.57. The first-order valence-electron chi connectivity index (χ1n) is 5.85.